The second-order valence-electron chi connectivity index (χ2n) is 5.75. The van der Waals surface area contributed by atoms with Crippen molar-refractivity contribution in [2.75, 3.05) is 6.54 Å². The number of hydrogen-bond donors (Lipinski definition) is 1. The van der Waals surface area contributed by atoms with Crippen LogP contribution < -0.4 is 5.32 Å². The molecular formula is C17H20N6O2. The van der Waals surface area contributed by atoms with Gasteiger partial charge in [0, 0.05) is 49.6 Å². The number of aromatic nitrogens is 5. The number of aryl methyl sites for hydroxylation is 3. The maximum atomic E-state index is 11.9. The highest BCUT2D eigenvalue weighted by molar-refractivity contribution is 5.75. The highest BCUT2D eigenvalue weighted by atomic mass is 16.5. The molecule has 3 rings (SSSR count). The van der Waals surface area contributed by atoms with Crippen LogP contribution in [0.2, 0.25) is 0 Å². The number of rotatable bonds is 7. The largest absolute Gasteiger partial charge is 0.356 e. The van der Waals surface area contributed by atoms with Gasteiger partial charge in [-0.25, -0.2) is 0 Å². The van der Waals surface area contributed by atoms with Crippen LogP contribution >= 0.6 is 0 Å². The van der Waals surface area contributed by atoms with Gasteiger partial charge < -0.3 is 9.84 Å². The fraction of sp³-hybridized carbons (Fsp3) is 0.353. The highest BCUT2D eigenvalue weighted by Gasteiger charge is 2.09. The van der Waals surface area contributed by atoms with E-state index < -0.39 is 0 Å². The van der Waals surface area contributed by atoms with Crippen molar-refractivity contribution in [1.82, 2.24) is 30.2 Å². The van der Waals surface area contributed by atoms with Crippen LogP contribution in [0.15, 0.2) is 35.1 Å². The second-order valence-corrected chi connectivity index (χ2v) is 5.75. The third kappa shape index (κ3) is 4.50. The summed E-state index contributed by atoms with van der Waals surface area (Å²) in [4.78, 5) is 20.2. The number of amides is 1. The molecule has 0 saturated carbocycles. The molecule has 8 heteroatoms. The normalized spacial score (nSPS) is 10.8. The Morgan fingerprint density at radius 2 is 2.08 bits per heavy atom. The quantitative estimate of drug-likeness (QED) is 0.703. The molecule has 3 heterocycles. The third-order valence-electron chi connectivity index (χ3n) is 3.72. The molecule has 1 amide bonds. The van der Waals surface area contributed by atoms with Gasteiger partial charge in [-0.05, 0) is 32.0 Å². The fourth-order valence-electron chi connectivity index (χ4n) is 2.48. The standard InChI is InChI=1S/C17H20N6O2/c1-12-11-13(2)23(21-12)10-6-16(24)19-9-5-15-20-17(25-22-15)14-3-7-18-8-4-14/h3-4,7-8,11H,5-6,9-10H2,1-2H3,(H,19,24). The SMILES string of the molecule is Cc1cc(C)n(CCC(=O)NCCc2noc(-c3ccncc3)n2)n1. The second kappa shape index (κ2) is 7.69. The van der Waals surface area contributed by atoms with E-state index in [0.717, 1.165) is 17.0 Å². The molecule has 0 aliphatic rings. The smallest absolute Gasteiger partial charge is 0.258 e. The van der Waals surface area contributed by atoms with Crippen LogP contribution in [0, 0.1) is 13.8 Å². The van der Waals surface area contributed by atoms with Crippen molar-refractivity contribution >= 4 is 5.91 Å². The van der Waals surface area contributed by atoms with Gasteiger partial charge in [-0.15, -0.1) is 0 Å². The molecule has 0 radical (unpaired) electrons. The molecule has 0 spiro atoms. The number of hydrogen-bond acceptors (Lipinski definition) is 6. The lowest BCUT2D eigenvalue weighted by Crippen LogP contribution is -2.27. The molecule has 8 nitrogen and oxygen atoms in total. The van der Waals surface area contributed by atoms with Gasteiger partial charge in [0.25, 0.3) is 5.89 Å². The number of pyridine rings is 1. The van der Waals surface area contributed by atoms with E-state index in [-0.39, 0.29) is 5.91 Å². The topological polar surface area (TPSA) is 98.7 Å². The molecule has 0 aromatic carbocycles. The van der Waals surface area contributed by atoms with E-state index in [0.29, 0.717) is 37.6 Å². The maximum absolute atomic E-state index is 11.9. The lowest BCUT2D eigenvalue weighted by atomic mass is 10.3. The van der Waals surface area contributed by atoms with E-state index in [4.69, 9.17) is 4.52 Å². The summed E-state index contributed by atoms with van der Waals surface area (Å²) in [5.41, 5.74) is 2.84. The van der Waals surface area contributed by atoms with E-state index in [1.54, 1.807) is 24.5 Å². The fourth-order valence-corrected chi connectivity index (χ4v) is 2.48. The zero-order valence-electron chi connectivity index (χ0n) is 14.3. The molecule has 1 N–H and O–H groups in total. The predicted octanol–water partition coefficient (Wildman–Crippen LogP) is 1.69. The lowest BCUT2D eigenvalue weighted by Gasteiger charge is -2.05. The molecule has 0 aliphatic carbocycles. The molecule has 0 bridgehead atoms. The van der Waals surface area contributed by atoms with Gasteiger partial charge in [0.05, 0.1) is 5.69 Å². The van der Waals surface area contributed by atoms with Crippen molar-refractivity contribution in [1.29, 1.82) is 0 Å². The molecule has 3 aromatic rings. The first-order valence-electron chi connectivity index (χ1n) is 8.12. The lowest BCUT2D eigenvalue weighted by molar-refractivity contribution is -0.121. The first-order valence-corrected chi connectivity index (χ1v) is 8.12. The summed E-state index contributed by atoms with van der Waals surface area (Å²) in [6, 6.07) is 5.60. The Kier molecular flexibility index (Phi) is 5.17. The summed E-state index contributed by atoms with van der Waals surface area (Å²) in [6.45, 7) is 4.95. The minimum absolute atomic E-state index is 0.0228. The molecule has 0 saturated heterocycles. The van der Waals surface area contributed by atoms with Crippen molar-refractivity contribution < 1.29 is 9.32 Å². The molecule has 130 valence electrons. The number of nitrogens with zero attached hydrogens (tertiary/aromatic N) is 5. The van der Waals surface area contributed by atoms with Crippen molar-refractivity contribution in [3.05, 3.63) is 47.8 Å². The van der Waals surface area contributed by atoms with Crippen molar-refractivity contribution in [2.45, 2.75) is 33.2 Å². The van der Waals surface area contributed by atoms with Crippen LogP contribution in [0.3, 0.4) is 0 Å². The van der Waals surface area contributed by atoms with Gasteiger partial charge in [0.15, 0.2) is 5.82 Å². The zero-order valence-corrected chi connectivity index (χ0v) is 14.3. The van der Waals surface area contributed by atoms with E-state index in [9.17, 15) is 4.79 Å². The summed E-state index contributed by atoms with van der Waals surface area (Å²) >= 11 is 0. The van der Waals surface area contributed by atoms with Gasteiger partial charge in [-0.3, -0.25) is 14.5 Å². The van der Waals surface area contributed by atoms with Gasteiger partial charge in [0.2, 0.25) is 5.91 Å². The van der Waals surface area contributed by atoms with Crippen LogP contribution in [0.4, 0.5) is 0 Å². The minimum atomic E-state index is -0.0228. The average molecular weight is 340 g/mol. The van der Waals surface area contributed by atoms with Gasteiger partial charge in [-0.1, -0.05) is 5.16 Å². The summed E-state index contributed by atoms with van der Waals surface area (Å²) in [7, 11) is 0. The van der Waals surface area contributed by atoms with Gasteiger partial charge >= 0.3 is 0 Å². The van der Waals surface area contributed by atoms with Crippen molar-refractivity contribution in [3.63, 3.8) is 0 Å². The Morgan fingerprint density at radius 3 is 2.80 bits per heavy atom. The summed E-state index contributed by atoms with van der Waals surface area (Å²) in [5.74, 6) is 0.990. The Morgan fingerprint density at radius 1 is 1.28 bits per heavy atom. The maximum Gasteiger partial charge on any atom is 0.258 e. The van der Waals surface area contributed by atoms with E-state index in [1.165, 1.54) is 0 Å². The monoisotopic (exact) mass is 340 g/mol. The van der Waals surface area contributed by atoms with E-state index in [2.05, 4.69) is 25.5 Å². The van der Waals surface area contributed by atoms with Crippen LogP contribution in [0.5, 0.6) is 0 Å². The average Bonchev–Trinajstić information content (AvgIpc) is 3.20. The third-order valence-corrected chi connectivity index (χ3v) is 3.72. The van der Waals surface area contributed by atoms with Crippen LogP contribution in [0.1, 0.15) is 23.6 Å². The minimum Gasteiger partial charge on any atom is -0.356 e. The van der Waals surface area contributed by atoms with E-state index >= 15 is 0 Å². The molecule has 25 heavy (non-hydrogen) atoms. The van der Waals surface area contributed by atoms with Crippen molar-refractivity contribution in [3.8, 4) is 11.5 Å². The summed E-state index contributed by atoms with van der Waals surface area (Å²) < 4.78 is 7.06. The Hall–Kier alpha value is -3.03. The first kappa shape index (κ1) is 16.8. The molecular weight excluding hydrogens is 320 g/mol. The Balaban J connectivity index is 1.43. The highest BCUT2D eigenvalue weighted by Crippen LogP contribution is 2.15. The summed E-state index contributed by atoms with van der Waals surface area (Å²) in [5, 5.41) is 11.1. The Labute approximate surface area is 145 Å². The van der Waals surface area contributed by atoms with Crippen LogP contribution in [0.25, 0.3) is 11.5 Å². The zero-order chi connectivity index (χ0) is 17.6. The molecule has 0 unspecified atom stereocenters. The number of carbonyl (C=O) groups excluding carboxylic acids is 1. The van der Waals surface area contributed by atoms with E-state index in [1.807, 2.05) is 24.6 Å². The Bertz CT molecular complexity index is 840. The molecule has 0 atom stereocenters. The molecule has 0 fully saturated rings. The van der Waals surface area contributed by atoms with Gasteiger partial charge in [-0.2, -0.15) is 10.1 Å². The number of carbonyl (C=O) groups is 1. The summed E-state index contributed by atoms with van der Waals surface area (Å²) in [6.07, 6.45) is 4.24. The van der Waals surface area contributed by atoms with Crippen molar-refractivity contribution in [2.24, 2.45) is 0 Å². The predicted molar refractivity (Wildman–Crippen MR) is 90.6 cm³/mol. The molecule has 0 aliphatic heterocycles. The first-order chi connectivity index (χ1) is 12.1. The van der Waals surface area contributed by atoms with Crippen LogP contribution in [-0.2, 0) is 17.8 Å². The number of nitrogens with one attached hydrogen (secondary N) is 1. The van der Waals surface area contributed by atoms with Crippen LogP contribution in [-0.4, -0.2) is 37.4 Å². The molecule has 3 aromatic heterocycles. The van der Waals surface area contributed by atoms with Gasteiger partial charge in [0.1, 0.15) is 0 Å².